The van der Waals surface area contributed by atoms with Crippen molar-refractivity contribution in [2.75, 3.05) is 27.2 Å². The summed E-state index contributed by atoms with van der Waals surface area (Å²) in [5.74, 6) is 0.548. The van der Waals surface area contributed by atoms with Gasteiger partial charge in [0.2, 0.25) is 0 Å². The van der Waals surface area contributed by atoms with Crippen molar-refractivity contribution < 1.29 is 18.2 Å². The Balaban J connectivity index is 2.49. The molecule has 1 fully saturated rings. The molecule has 4 nitrogen and oxygen atoms in total. The standard InChI is InChI=1S/C10H21B2O4P2S/c1-7-8(5-15-19-17-11)4-9(14-6-13-2)10(7)16-18(3)12/h7-11,17H,4-6H2,1-3H3/t7-,8?,9?,10-,17?,18?/m1/s1/i11T,17D. The van der Waals surface area contributed by atoms with Gasteiger partial charge in [0, 0.05) is 18.8 Å². The largest absolute Gasteiger partial charge is 0.364 e. The highest BCUT2D eigenvalue weighted by Crippen LogP contribution is 2.42. The average Bonchev–Trinajstić information content (AvgIpc) is 2.73. The molecule has 0 aromatic carbocycles. The summed E-state index contributed by atoms with van der Waals surface area (Å²) in [5, 5.41) is 0. The minimum Gasteiger partial charge on any atom is -0.364 e. The van der Waals surface area contributed by atoms with Gasteiger partial charge in [-0.3, -0.25) is 0 Å². The highest BCUT2D eigenvalue weighted by atomic mass is 32.7. The van der Waals surface area contributed by atoms with E-state index in [1.165, 1.54) is 0 Å². The van der Waals surface area contributed by atoms with Gasteiger partial charge < -0.3 is 18.2 Å². The molecule has 9 heteroatoms. The quantitative estimate of drug-likeness (QED) is 0.267. The Labute approximate surface area is 128 Å². The summed E-state index contributed by atoms with van der Waals surface area (Å²) >= 11 is 1.06. The van der Waals surface area contributed by atoms with Crippen molar-refractivity contribution in [2.24, 2.45) is 11.8 Å². The van der Waals surface area contributed by atoms with Crippen LogP contribution >= 0.6 is 27.3 Å². The SMILES string of the molecule is [2H]P([B][3H])SOCC1CC(OCOC)[C@H](OP([B])C)[C@@H]1C. The minimum absolute atomic E-state index is 0.0488. The first-order valence-corrected chi connectivity index (χ1v) is 10.1. The molecule has 6 atom stereocenters. The maximum atomic E-state index is 7.49. The predicted octanol–water partition coefficient (Wildman–Crippen LogP) is 2.20. The molecule has 1 aliphatic carbocycles. The highest BCUT2D eigenvalue weighted by Gasteiger charge is 2.42. The lowest BCUT2D eigenvalue weighted by Crippen LogP contribution is -2.29. The number of rotatable bonds is 10. The second-order valence-corrected chi connectivity index (χ2v) is 7.53. The summed E-state index contributed by atoms with van der Waals surface area (Å²) < 4.78 is 36.5. The number of ether oxygens (including phenoxy) is 2. The minimum atomic E-state index is -1.27. The van der Waals surface area contributed by atoms with Crippen LogP contribution in [0.2, 0.25) is 0 Å². The average molecular weight is 324 g/mol. The normalized spacial score (nSPS) is 35.5. The Morgan fingerprint density at radius 2 is 2.53 bits per heavy atom. The molecule has 4 unspecified atom stereocenters. The van der Waals surface area contributed by atoms with Gasteiger partial charge in [-0.05, 0) is 34.3 Å². The molecule has 0 saturated heterocycles. The molecule has 0 aromatic heterocycles. The van der Waals surface area contributed by atoms with Crippen molar-refractivity contribution in [1.82, 2.24) is 0 Å². The van der Waals surface area contributed by atoms with Crippen LogP contribution in [0.3, 0.4) is 0 Å². The van der Waals surface area contributed by atoms with E-state index in [0.29, 0.717) is 6.61 Å². The molecule has 19 heavy (non-hydrogen) atoms. The van der Waals surface area contributed by atoms with Crippen molar-refractivity contribution in [3.05, 3.63) is 0 Å². The number of hydrogen-bond donors (Lipinski definition) is 0. The van der Waals surface area contributed by atoms with Crippen LogP contribution in [0.1, 0.15) is 13.3 Å². The van der Waals surface area contributed by atoms with E-state index in [1.807, 2.05) is 6.66 Å². The van der Waals surface area contributed by atoms with E-state index >= 15 is 0 Å². The summed E-state index contributed by atoms with van der Waals surface area (Å²) in [6.45, 7) is 4.74. The smallest absolute Gasteiger partial charge is 0.148 e. The van der Waals surface area contributed by atoms with Crippen LogP contribution in [-0.4, -0.2) is 57.1 Å². The van der Waals surface area contributed by atoms with Crippen molar-refractivity contribution >= 4 is 42.4 Å². The second kappa shape index (κ2) is 10.00. The van der Waals surface area contributed by atoms with Crippen LogP contribution in [0.25, 0.3) is 0 Å². The molecule has 107 valence electrons. The Bertz CT molecular complexity index is 300. The first-order valence-electron chi connectivity index (χ1n) is 7.07. The van der Waals surface area contributed by atoms with Gasteiger partial charge in [0.05, 0.1) is 20.1 Å². The van der Waals surface area contributed by atoms with E-state index in [-0.39, 0.29) is 30.8 Å². The molecule has 0 aliphatic heterocycles. The molecular formula is C10H21B2O4P2S. The van der Waals surface area contributed by atoms with Gasteiger partial charge in [-0.25, -0.2) is 0 Å². The monoisotopic (exact) mass is 324 g/mol. The Hall–Kier alpha value is 1.18. The van der Waals surface area contributed by atoms with Crippen LogP contribution in [0.5, 0.6) is 0 Å². The Morgan fingerprint density at radius 1 is 1.74 bits per heavy atom. The molecule has 1 rings (SSSR count). The Morgan fingerprint density at radius 3 is 3.16 bits per heavy atom. The third-order valence-corrected chi connectivity index (χ3v) is 4.71. The van der Waals surface area contributed by atoms with Crippen LogP contribution in [-0.2, 0) is 18.2 Å². The number of methoxy groups -OCH3 is 1. The highest BCUT2D eigenvalue weighted by molar-refractivity contribution is 8.53. The lowest BCUT2D eigenvalue weighted by atomic mass is 9.98. The maximum absolute atomic E-state index is 7.49. The van der Waals surface area contributed by atoms with E-state index in [4.69, 9.17) is 28.4 Å². The lowest BCUT2D eigenvalue weighted by molar-refractivity contribution is -0.0984. The van der Waals surface area contributed by atoms with Crippen LogP contribution in [0.15, 0.2) is 0 Å². The zero-order chi connectivity index (χ0) is 15.8. The fraction of sp³-hybridized carbons (Fsp3) is 1.00. The summed E-state index contributed by atoms with van der Waals surface area (Å²) in [6.07, 6.45) is 0.715. The fourth-order valence-electron chi connectivity index (χ4n) is 2.30. The second-order valence-electron chi connectivity index (χ2n) is 4.55. The molecular weight excluding hydrogens is 300 g/mol. The lowest BCUT2D eigenvalue weighted by Gasteiger charge is -2.26. The zero-order valence-corrected chi connectivity index (χ0v) is 14.1. The topological polar surface area (TPSA) is 36.9 Å². The fourth-order valence-corrected chi connectivity index (χ4v) is 3.67. The summed E-state index contributed by atoms with van der Waals surface area (Å²) in [4.78, 5) is 0. The molecule has 3 radical (unpaired) electrons. The molecule has 0 aromatic rings. The molecule has 0 N–H and O–H groups in total. The summed E-state index contributed by atoms with van der Waals surface area (Å²) in [5.41, 5.74) is 0. The van der Waals surface area contributed by atoms with Crippen molar-refractivity contribution in [1.29, 1.82) is 2.61 Å². The first-order chi connectivity index (χ1) is 9.99. The van der Waals surface area contributed by atoms with Crippen LogP contribution < -0.4 is 0 Å². The molecule has 0 spiro atoms. The van der Waals surface area contributed by atoms with Crippen molar-refractivity contribution in [3.63, 3.8) is 0 Å². The predicted molar refractivity (Wildman–Crippen MR) is 86.5 cm³/mol. The van der Waals surface area contributed by atoms with Gasteiger partial charge >= 0.3 is 0 Å². The van der Waals surface area contributed by atoms with Gasteiger partial charge in [-0.15, -0.1) is 0 Å². The summed E-state index contributed by atoms with van der Waals surface area (Å²) in [6, 6.07) is 0. The van der Waals surface area contributed by atoms with E-state index in [9.17, 15) is 0 Å². The van der Waals surface area contributed by atoms with Gasteiger partial charge in [0.15, 0.2) is 0 Å². The van der Waals surface area contributed by atoms with E-state index in [2.05, 4.69) is 6.92 Å². The molecule has 0 bridgehead atoms. The van der Waals surface area contributed by atoms with Gasteiger partial charge in [-0.1, -0.05) is 14.5 Å². The van der Waals surface area contributed by atoms with E-state index in [0.717, 1.165) is 25.6 Å². The first kappa shape index (κ1) is 15.1. The molecule has 1 saturated carbocycles. The zero-order valence-electron chi connectivity index (χ0n) is 13.5. The number of hydrogen-bond acceptors (Lipinski definition) is 5. The van der Waals surface area contributed by atoms with Crippen LogP contribution in [0, 0.1) is 11.8 Å². The van der Waals surface area contributed by atoms with Gasteiger partial charge in [0.25, 0.3) is 0 Å². The van der Waals surface area contributed by atoms with Gasteiger partial charge in [0.1, 0.15) is 21.9 Å². The summed E-state index contributed by atoms with van der Waals surface area (Å²) in [7, 11) is 6.28. The Kier molecular flexibility index (Phi) is 7.94. The van der Waals surface area contributed by atoms with Crippen molar-refractivity contribution in [2.45, 2.75) is 25.6 Å². The third-order valence-electron chi connectivity index (χ3n) is 3.23. The van der Waals surface area contributed by atoms with Crippen LogP contribution in [0.4, 0.5) is 0 Å². The molecule has 0 amide bonds. The maximum Gasteiger partial charge on any atom is 0.148 e. The third kappa shape index (κ3) is 6.22. The van der Waals surface area contributed by atoms with E-state index < -0.39 is 15.6 Å². The molecule has 0 heterocycles. The van der Waals surface area contributed by atoms with Gasteiger partial charge in [-0.2, -0.15) is 0 Å². The van der Waals surface area contributed by atoms with Crippen molar-refractivity contribution in [3.8, 4) is 0 Å². The molecule has 1 aliphatic rings. The van der Waals surface area contributed by atoms with E-state index in [1.54, 1.807) is 7.11 Å².